The molecule has 2 unspecified atom stereocenters. The Balaban J connectivity index is 1.61. The molecule has 2 saturated heterocycles. The van der Waals surface area contributed by atoms with E-state index in [1.165, 1.54) is 12.8 Å². The second kappa shape index (κ2) is 8.02. The van der Waals surface area contributed by atoms with Gasteiger partial charge in [0.25, 0.3) is 5.24 Å². The van der Waals surface area contributed by atoms with Crippen molar-refractivity contribution in [1.29, 1.82) is 0 Å². The highest BCUT2D eigenvalue weighted by molar-refractivity contribution is 8.15. The van der Waals surface area contributed by atoms with Crippen molar-refractivity contribution in [2.24, 2.45) is 5.92 Å². The number of imide groups is 1. The number of benzene rings is 1. The van der Waals surface area contributed by atoms with Crippen LogP contribution < -0.4 is 16.0 Å². The zero-order valence-corrected chi connectivity index (χ0v) is 16.1. The van der Waals surface area contributed by atoms with Gasteiger partial charge >= 0.3 is 0 Å². The summed E-state index contributed by atoms with van der Waals surface area (Å²) in [5.41, 5.74) is 3.09. The molecule has 3 aliphatic heterocycles. The molecule has 3 amide bonds. The smallest absolute Gasteiger partial charge is 0.286 e. The van der Waals surface area contributed by atoms with E-state index in [9.17, 15) is 14.4 Å². The summed E-state index contributed by atoms with van der Waals surface area (Å²) in [6.07, 6.45) is 5.42. The first kappa shape index (κ1) is 18.5. The lowest BCUT2D eigenvalue weighted by Crippen LogP contribution is -2.31. The molecule has 2 fully saturated rings. The third-order valence-corrected chi connectivity index (χ3v) is 7.03. The molecule has 6 nitrogen and oxygen atoms in total. The highest BCUT2D eigenvalue weighted by atomic mass is 32.2. The Bertz CT molecular complexity index is 761. The first-order valence-electron chi connectivity index (χ1n) is 9.75. The van der Waals surface area contributed by atoms with Crippen molar-refractivity contribution in [3.8, 4) is 0 Å². The first-order valence-corrected chi connectivity index (χ1v) is 10.6. The summed E-state index contributed by atoms with van der Waals surface area (Å²) in [7, 11) is 0. The predicted molar refractivity (Wildman–Crippen MR) is 106 cm³/mol. The number of thioether (sulfide) groups is 1. The zero-order chi connectivity index (χ0) is 18.8. The number of carbonyl (C=O) groups is 3. The Labute approximate surface area is 163 Å². The van der Waals surface area contributed by atoms with Crippen LogP contribution in [0.15, 0.2) is 18.2 Å². The molecule has 0 saturated carbocycles. The summed E-state index contributed by atoms with van der Waals surface area (Å²) in [5, 5.41) is 8.15. The lowest BCUT2D eigenvalue weighted by molar-refractivity contribution is -0.119. The van der Waals surface area contributed by atoms with E-state index in [2.05, 4.69) is 22.0 Å². The van der Waals surface area contributed by atoms with Crippen molar-refractivity contribution in [2.45, 2.75) is 49.7 Å². The Morgan fingerprint density at radius 2 is 1.89 bits per heavy atom. The fourth-order valence-corrected chi connectivity index (χ4v) is 5.49. The van der Waals surface area contributed by atoms with Crippen LogP contribution in [0, 0.1) is 5.92 Å². The number of rotatable bonds is 5. The second-order valence-electron chi connectivity index (χ2n) is 7.61. The van der Waals surface area contributed by atoms with Gasteiger partial charge in [0.1, 0.15) is 5.25 Å². The Kier molecular flexibility index (Phi) is 5.50. The number of piperidine rings is 1. The predicted octanol–water partition coefficient (Wildman–Crippen LogP) is 2.79. The van der Waals surface area contributed by atoms with Gasteiger partial charge in [-0.25, -0.2) is 0 Å². The Hall–Kier alpha value is -1.86. The van der Waals surface area contributed by atoms with E-state index < -0.39 is 0 Å². The molecule has 0 bridgehead atoms. The van der Waals surface area contributed by atoms with Gasteiger partial charge < -0.3 is 10.6 Å². The van der Waals surface area contributed by atoms with Crippen LogP contribution in [0.5, 0.6) is 0 Å². The zero-order valence-electron chi connectivity index (χ0n) is 15.3. The summed E-state index contributed by atoms with van der Waals surface area (Å²) in [6.45, 7) is 2.11. The maximum atomic E-state index is 12.4. The van der Waals surface area contributed by atoms with E-state index in [-0.39, 0.29) is 28.2 Å². The van der Waals surface area contributed by atoms with E-state index in [0.29, 0.717) is 18.8 Å². The lowest BCUT2D eigenvalue weighted by Gasteiger charge is -2.29. The third-order valence-electron chi connectivity index (χ3n) is 5.92. The minimum absolute atomic E-state index is 0.0127. The molecular weight excluding hydrogens is 362 g/mol. The molecule has 4 rings (SSSR count). The molecule has 27 heavy (non-hydrogen) atoms. The van der Waals surface area contributed by atoms with Crippen LogP contribution in [0.25, 0.3) is 0 Å². The maximum Gasteiger partial charge on any atom is 0.286 e. The molecule has 3 heterocycles. The lowest BCUT2D eigenvalue weighted by atomic mass is 9.81. The summed E-state index contributed by atoms with van der Waals surface area (Å²) >= 11 is 1.12. The van der Waals surface area contributed by atoms with Gasteiger partial charge in [-0.3, -0.25) is 19.7 Å². The fourth-order valence-electron chi connectivity index (χ4n) is 4.49. The SMILES string of the molecule is O=C1CCc2c(cccc2C(CCC2CCNCC2)C2SC(=O)NC2=O)N1. The van der Waals surface area contributed by atoms with E-state index in [4.69, 9.17) is 0 Å². The van der Waals surface area contributed by atoms with E-state index in [0.717, 1.165) is 54.5 Å². The quantitative estimate of drug-likeness (QED) is 0.723. The molecule has 7 heteroatoms. The number of hydrogen-bond donors (Lipinski definition) is 3. The average Bonchev–Trinajstić information content (AvgIpc) is 3.00. The van der Waals surface area contributed by atoms with Gasteiger partial charge in [-0.05, 0) is 68.3 Å². The topological polar surface area (TPSA) is 87.3 Å². The molecule has 1 aromatic carbocycles. The summed E-state index contributed by atoms with van der Waals surface area (Å²) in [6, 6.07) is 5.93. The molecule has 1 aromatic rings. The number of anilines is 1. The van der Waals surface area contributed by atoms with E-state index in [1.807, 2.05) is 12.1 Å². The molecule has 144 valence electrons. The molecule has 0 spiro atoms. The molecule has 0 radical (unpaired) electrons. The van der Waals surface area contributed by atoms with Crippen molar-refractivity contribution in [3.05, 3.63) is 29.3 Å². The van der Waals surface area contributed by atoms with Crippen LogP contribution in [0.4, 0.5) is 10.5 Å². The summed E-state index contributed by atoms with van der Waals surface area (Å²) in [5.74, 6) is 0.506. The summed E-state index contributed by atoms with van der Waals surface area (Å²) < 4.78 is 0. The van der Waals surface area contributed by atoms with Crippen LogP contribution in [-0.2, 0) is 16.0 Å². The molecule has 0 aromatic heterocycles. The molecule has 3 aliphatic rings. The van der Waals surface area contributed by atoms with Crippen LogP contribution in [0.2, 0.25) is 0 Å². The minimum atomic E-state index is -0.386. The summed E-state index contributed by atoms with van der Waals surface area (Å²) in [4.78, 5) is 36.0. The van der Waals surface area contributed by atoms with E-state index in [1.54, 1.807) is 0 Å². The highest BCUT2D eigenvalue weighted by Crippen LogP contribution is 2.41. The van der Waals surface area contributed by atoms with Crippen LogP contribution in [-0.4, -0.2) is 35.4 Å². The van der Waals surface area contributed by atoms with Gasteiger partial charge in [0.05, 0.1) is 0 Å². The first-order chi connectivity index (χ1) is 13.1. The maximum absolute atomic E-state index is 12.4. The van der Waals surface area contributed by atoms with Gasteiger partial charge in [0.15, 0.2) is 0 Å². The van der Waals surface area contributed by atoms with E-state index >= 15 is 0 Å². The Morgan fingerprint density at radius 1 is 1.07 bits per heavy atom. The third kappa shape index (κ3) is 4.04. The average molecular weight is 388 g/mol. The molecular formula is C20H25N3O3S. The van der Waals surface area contributed by atoms with Gasteiger partial charge in [-0.15, -0.1) is 0 Å². The molecule has 2 atom stereocenters. The standard InChI is InChI=1S/C20H25N3O3S/c24-17-7-6-14-13(2-1-3-16(14)22-17)15(18-19(25)23-20(26)27-18)5-4-12-8-10-21-11-9-12/h1-3,12,15,18,21H,4-11H2,(H,22,24)(H,23,25,26). The fraction of sp³-hybridized carbons (Fsp3) is 0.550. The molecule has 3 N–H and O–H groups in total. The Morgan fingerprint density at radius 3 is 2.63 bits per heavy atom. The number of nitrogens with one attached hydrogen (secondary N) is 3. The second-order valence-corrected chi connectivity index (χ2v) is 8.73. The monoisotopic (exact) mass is 387 g/mol. The molecule has 0 aliphatic carbocycles. The van der Waals surface area contributed by atoms with Crippen molar-refractivity contribution >= 4 is 34.5 Å². The number of amides is 3. The van der Waals surface area contributed by atoms with Crippen LogP contribution >= 0.6 is 11.8 Å². The minimum Gasteiger partial charge on any atom is -0.326 e. The largest absolute Gasteiger partial charge is 0.326 e. The van der Waals surface area contributed by atoms with Crippen molar-refractivity contribution < 1.29 is 14.4 Å². The normalized spacial score (nSPS) is 24.3. The van der Waals surface area contributed by atoms with Gasteiger partial charge in [-0.1, -0.05) is 23.9 Å². The number of carbonyl (C=O) groups excluding carboxylic acids is 3. The van der Waals surface area contributed by atoms with Gasteiger partial charge in [0, 0.05) is 18.0 Å². The van der Waals surface area contributed by atoms with Gasteiger partial charge in [-0.2, -0.15) is 0 Å². The van der Waals surface area contributed by atoms with Crippen molar-refractivity contribution in [1.82, 2.24) is 10.6 Å². The van der Waals surface area contributed by atoms with Crippen molar-refractivity contribution in [2.75, 3.05) is 18.4 Å². The number of fused-ring (bicyclic) bond motifs is 1. The number of hydrogen-bond acceptors (Lipinski definition) is 5. The van der Waals surface area contributed by atoms with Crippen molar-refractivity contribution in [3.63, 3.8) is 0 Å². The highest BCUT2D eigenvalue weighted by Gasteiger charge is 2.40. The van der Waals surface area contributed by atoms with Gasteiger partial charge in [0.2, 0.25) is 11.8 Å². The van der Waals surface area contributed by atoms with Crippen LogP contribution in [0.1, 0.15) is 49.1 Å². The van der Waals surface area contributed by atoms with Crippen LogP contribution in [0.3, 0.4) is 0 Å².